The molecule has 0 radical (unpaired) electrons. The number of anilines is 1. The van der Waals surface area contributed by atoms with E-state index in [0.29, 0.717) is 18.0 Å². The number of carbonyl (C=O) groups excluding carboxylic acids is 1. The summed E-state index contributed by atoms with van der Waals surface area (Å²) in [6.45, 7) is 2.64. The lowest BCUT2D eigenvalue weighted by atomic mass is 10.1. The predicted octanol–water partition coefficient (Wildman–Crippen LogP) is 2.43. The highest BCUT2D eigenvalue weighted by molar-refractivity contribution is 7.99. The molecule has 0 spiro atoms. The SMILES string of the molecule is CCSc1cccc(N(C)CCC(=O)OC)c1C(N)=S. The lowest BCUT2D eigenvalue weighted by Crippen LogP contribution is -2.25. The van der Waals surface area contributed by atoms with E-state index >= 15 is 0 Å². The molecule has 0 saturated heterocycles. The number of benzene rings is 1. The third kappa shape index (κ3) is 4.38. The molecular weight excluding hydrogens is 292 g/mol. The van der Waals surface area contributed by atoms with Crippen LogP contribution in [0.3, 0.4) is 0 Å². The van der Waals surface area contributed by atoms with Crippen molar-refractivity contribution in [2.24, 2.45) is 5.73 Å². The molecule has 0 aromatic heterocycles. The van der Waals surface area contributed by atoms with Crippen LogP contribution in [-0.2, 0) is 9.53 Å². The first-order chi connectivity index (χ1) is 9.51. The molecule has 1 aromatic rings. The first-order valence-electron chi connectivity index (χ1n) is 6.34. The van der Waals surface area contributed by atoms with E-state index in [0.717, 1.165) is 21.9 Å². The van der Waals surface area contributed by atoms with Gasteiger partial charge in [-0.25, -0.2) is 0 Å². The number of carbonyl (C=O) groups is 1. The Bertz CT molecular complexity index is 492. The van der Waals surface area contributed by atoms with E-state index in [2.05, 4.69) is 11.7 Å². The maximum Gasteiger partial charge on any atom is 0.307 e. The van der Waals surface area contributed by atoms with Crippen LogP contribution in [0.1, 0.15) is 18.9 Å². The van der Waals surface area contributed by atoms with Gasteiger partial charge in [0, 0.05) is 29.7 Å². The van der Waals surface area contributed by atoms with Crippen molar-refractivity contribution in [2.75, 3.05) is 31.4 Å². The maximum atomic E-state index is 11.2. The zero-order chi connectivity index (χ0) is 15.1. The number of nitrogens with zero attached hydrogens (tertiary/aromatic N) is 1. The monoisotopic (exact) mass is 312 g/mol. The van der Waals surface area contributed by atoms with Crippen LogP contribution in [0.25, 0.3) is 0 Å². The van der Waals surface area contributed by atoms with Gasteiger partial charge in [-0.2, -0.15) is 0 Å². The quantitative estimate of drug-likeness (QED) is 0.474. The number of hydrogen-bond donors (Lipinski definition) is 1. The topological polar surface area (TPSA) is 55.6 Å². The fourth-order valence-corrected chi connectivity index (χ4v) is 2.97. The third-order valence-corrected chi connectivity index (χ3v) is 3.98. The zero-order valence-corrected chi connectivity index (χ0v) is 13.6. The summed E-state index contributed by atoms with van der Waals surface area (Å²) in [6.07, 6.45) is 0.328. The lowest BCUT2D eigenvalue weighted by molar-refractivity contribution is -0.140. The van der Waals surface area contributed by atoms with E-state index in [9.17, 15) is 4.79 Å². The van der Waals surface area contributed by atoms with Gasteiger partial charge in [0.1, 0.15) is 4.99 Å². The Kier molecular flexibility index (Phi) is 6.81. The minimum atomic E-state index is -0.229. The van der Waals surface area contributed by atoms with Gasteiger partial charge in [0.15, 0.2) is 0 Å². The van der Waals surface area contributed by atoms with Crippen molar-refractivity contribution in [3.05, 3.63) is 23.8 Å². The van der Waals surface area contributed by atoms with E-state index in [1.54, 1.807) is 11.8 Å². The van der Waals surface area contributed by atoms with E-state index in [1.165, 1.54) is 7.11 Å². The highest BCUT2D eigenvalue weighted by Crippen LogP contribution is 2.30. The van der Waals surface area contributed by atoms with Crippen molar-refractivity contribution in [1.29, 1.82) is 0 Å². The van der Waals surface area contributed by atoms with Crippen LogP contribution in [-0.4, -0.2) is 37.4 Å². The van der Waals surface area contributed by atoms with E-state index in [4.69, 9.17) is 18.0 Å². The number of ether oxygens (including phenoxy) is 1. The van der Waals surface area contributed by atoms with Crippen LogP contribution in [0.2, 0.25) is 0 Å². The van der Waals surface area contributed by atoms with Crippen LogP contribution in [0, 0.1) is 0 Å². The Balaban J connectivity index is 3.01. The Morgan fingerprint density at radius 2 is 2.20 bits per heavy atom. The summed E-state index contributed by atoms with van der Waals surface area (Å²) < 4.78 is 4.66. The Labute approximate surface area is 129 Å². The van der Waals surface area contributed by atoms with Gasteiger partial charge in [-0.3, -0.25) is 4.79 Å². The summed E-state index contributed by atoms with van der Waals surface area (Å²) in [4.78, 5) is 14.7. The Morgan fingerprint density at radius 3 is 2.75 bits per heavy atom. The normalized spacial score (nSPS) is 10.2. The maximum absolute atomic E-state index is 11.2. The second-order valence-corrected chi connectivity index (χ2v) is 5.94. The van der Waals surface area contributed by atoms with Crippen molar-refractivity contribution in [1.82, 2.24) is 0 Å². The van der Waals surface area contributed by atoms with Crippen LogP contribution in [0.15, 0.2) is 23.1 Å². The number of methoxy groups -OCH3 is 1. The number of rotatable bonds is 7. The smallest absolute Gasteiger partial charge is 0.307 e. The summed E-state index contributed by atoms with van der Waals surface area (Å²) in [5.74, 6) is 0.720. The van der Waals surface area contributed by atoms with Crippen molar-refractivity contribution < 1.29 is 9.53 Å². The largest absolute Gasteiger partial charge is 0.469 e. The van der Waals surface area contributed by atoms with Gasteiger partial charge < -0.3 is 15.4 Å². The molecule has 0 aliphatic carbocycles. The first-order valence-corrected chi connectivity index (χ1v) is 7.74. The molecule has 0 aliphatic rings. The molecule has 0 atom stereocenters. The van der Waals surface area contributed by atoms with Gasteiger partial charge in [0.05, 0.1) is 13.5 Å². The third-order valence-electron chi connectivity index (χ3n) is 2.84. The first kappa shape index (κ1) is 16.8. The molecular formula is C14H20N2O2S2. The molecule has 0 heterocycles. The second kappa shape index (κ2) is 8.11. The van der Waals surface area contributed by atoms with Crippen LogP contribution in [0.5, 0.6) is 0 Å². The molecule has 6 heteroatoms. The van der Waals surface area contributed by atoms with Gasteiger partial charge in [0.25, 0.3) is 0 Å². The molecule has 20 heavy (non-hydrogen) atoms. The molecule has 0 amide bonds. The van der Waals surface area contributed by atoms with E-state index < -0.39 is 0 Å². The molecule has 4 nitrogen and oxygen atoms in total. The molecule has 0 aliphatic heterocycles. The van der Waals surface area contributed by atoms with Crippen LogP contribution >= 0.6 is 24.0 Å². The van der Waals surface area contributed by atoms with Gasteiger partial charge in [0.2, 0.25) is 0 Å². The average Bonchev–Trinajstić information content (AvgIpc) is 2.44. The van der Waals surface area contributed by atoms with Gasteiger partial charge in [-0.15, -0.1) is 11.8 Å². The number of thioether (sulfide) groups is 1. The number of esters is 1. The molecule has 0 unspecified atom stereocenters. The van der Waals surface area contributed by atoms with Crippen LogP contribution in [0.4, 0.5) is 5.69 Å². The minimum absolute atomic E-state index is 0.229. The summed E-state index contributed by atoms with van der Waals surface area (Å²) in [5.41, 5.74) is 7.69. The Morgan fingerprint density at radius 1 is 1.50 bits per heavy atom. The average molecular weight is 312 g/mol. The van der Waals surface area contributed by atoms with Crippen molar-refractivity contribution >= 4 is 40.6 Å². The van der Waals surface area contributed by atoms with Crippen molar-refractivity contribution in [3.63, 3.8) is 0 Å². The molecule has 1 aromatic carbocycles. The fourth-order valence-electron chi connectivity index (χ4n) is 1.84. The van der Waals surface area contributed by atoms with Gasteiger partial charge in [-0.1, -0.05) is 25.2 Å². The lowest BCUT2D eigenvalue weighted by Gasteiger charge is -2.23. The molecule has 2 N–H and O–H groups in total. The Hall–Kier alpha value is -1.27. The number of thiocarbonyl (C=S) groups is 1. The minimum Gasteiger partial charge on any atom is -0.469 e. The molecule has 0 bridgehead atoms. The van der Waals surface area contributed by atoms with Gasteiger partial charge >= 0.3 is 5.97 Å². The summed E-state index contributed by atoms with van der Waals surface area (Å²) in [6, 6.07) is 5.95. The molecule has 0 saturated carbocycles. The fraction of sp³-hybridized carbons (Fsp3) is 0.429. The molecule has 110 valence electrons. The second-order valence-electron chi connectivity index (χ2n) is 4.20. The molecule has 1 rings (SSSR count). The summed E-state index contributed by atoms with van der Waals surface area (Å²) in [5, 5.41) is 0. The summed E-state index contributed by atoms with van der Waals surface area (Å²) >= 11 is 6.88. The molecule has 0 fully saturated rings. The van der Waals surface area contributed by atoms with Crippen molar-refractivity contribution in [2.45, 2.75) is 18.2 Å². The summed E-state index contributed by atoms with van der Waals surface area (Å²) in [7, 11) is 3.31. The van der Waals surface area contributed by atoms with E-state index in [-0.39, 0.29) is 5.97 Å². The van der Waals surface area contributed by atoms with Crippen molar-refractivity contribution in [3.8, 4) is 0 Å². The zero-order valence-electron chi connectivity index (χ0n) is 12.0. The van der Waals surface area contributed by atoms with Gasteiger partial charge in [-0.05, 0) is 17.9 Å². The number of nitrogens with two attached hydrogens (primary N) is 1. The highest BCUT2D eigenvalue weighted by atomic mass is 32.2. The standard InChI is InChI=1S/C14H20N2O2S2/c1-4-20-11-7-5-6-10(13(11)14(15)19)16(2)9-8-12(17)18-3/h5-7H,4,8-9H2,1-3H3,(H2,15,19). The van der Waals surface area contributed by atoms with Crippen LogP contribution < -0.4 is 10.6 Å². The number of hydrogen-bond acceptors (Lipinski definition) is 5. The van der Waals surface area contributed by atoms with E-state index in [1.807, 2.05) is 30.1 Å². The highest BCUT2D eigenvalue weighted by Gasteiger charge is 2.15. The predicted molar refractivity (Wildman–Crippen MR) is 88.6 cm³/mol.